The number of hydrogen-bond acceptors (Lipinski definition) is 3. The molecule has 1 unspecified atom stereocenters. The number of benzene rings is 2. The second kappa shape index (κ2) is 7.14. The lowest BCUT2D eigenvalue weighted by Crippen LogP contribution is -2.28. The van der Waals surface area contributed by atoms with Crippen molar-refractivity contribution >= 4 is 5.69 Å². The molecule has 2 aromatic carbocycles. The molecular formula is C18H23NO2. The standard InChI is InChI=1S/C18H23NO2/c1-4-19(15-11-9-14(2)10-12-15)13-17(20)16-7-5-6-8-18(16)21-3/h5-12,17,20H,4,13H2,1-3H3. The first-order chi connectivity index (χ1) is 10.2. The SMILES string of the molecule is CCN(CC(O)c1ccccc1OC)c1ccc(C)cc1. The summed E-state index contributed by atoms with van der Waals surface area (Å²) < 4.78 is 5.32. The lowest BCUT2D eigenvalue weighted by atomic mass is 10.1. The third-order valence-corrected chi connectivity index (χ3v) is 3.67. The van der Waals surface area contributed by atoms with Crippen molar-refractivity contribution in [3.05, 3.63) is 59.7 Å². The molecule has 0 aliphatic carbocycles. The number of nitrogens with zero attached hydrogens (tertiary/aromatic N) is 1. The Balaban J connectivity index is 2.16. The number of ether oxygens (including phenoxy) is 1. The average Bonchev–Trinajstić information content (AvgIpc) is 2.53. The van der Waals surface area contributed by atoms with E-state index in [4.69, 9.17) is 4.74 Å². The van der Waals surface area contributed by atoms with Gasteiger partial charge in [-0.2, -0.15) is 0 Å². The number of likely N-dealkylation sites (N-methyl/N-ethyl adjacent to an activating group) is 1. The summed E-state index contributed by atoms with van der Waals surface area (Å²) in [5, 5.41) is 10.5. The molecule has 0 fully saturated rings. The van der Waals surface area contributed by atoms with E-state index >= 15 is 0 Å². The van der Waals surface area contributed by atoms with Gasteiger partial charge < -0.3 is 14.7 Å². The Morgan fingerprint density at radius 1 is 1.10 bits per heavy atom. The molecule has 0 aliphatic heterocycles. The van der Waals surface area contributed by atoms with Crippen LogP contribution in [-0.2, 0) is 0 Å². The van der Waals surface area contributed by atoms with Crippen molar-refractivity contribution in [2.75, 3.05) is 25.1 Å². The summed E-state index contributed by atoms with van der Waals surface area (Å²) in [4.78, 5) is 2.16. The summed E-state index contributed by atoms with van der Waals surface area (Å²) >= 11 is 0. The van der Waals surface area contributed by atoms with Gasteiger partial charge in [-0.3, -0.25) is 0 Å². The van der Waals surface area contributed by atoms with Gasteiger partial charge in [0.05, 0.1) is 7.11 Å². The summed E-state index contributed by atoms with van der Waals surface area (Å²) in [6.07, 6.45) is -0.581. The Morgan fingerprint density at radius 3 is 2.38 bits per heavy atom. The van der Waals surface area contributed by atoms with Gasteiger partial charge in [0.15, 0.2) is 0 Å². The van der Waals surface area contributed by atoms with Gasteiger partial charge in [-0.1, -0.05) is 35.9 Å². The van der Waals surface area contributed by atoms with E-state index in [1.165, 1.54) is 5.56 Å². The van der Waals surface area contributed by atoms with Crippen LogP contribution in [0.4, 0.5) is 5.69 Å². The monoisotopic (exact) mass is 285 g/mol. The molecule has 3 heteroatoms. The van der Waals surface area contributed by atoms with Gasteiger partial charge in [0, 0.05) is 24.3 Å². The van der Waals surface area contributed by atoms with Gasteiger partial charge in [0.2, 0.25) is 0 Å². The van der Waals surface area contributed by atoms with E-state index < -0.39 is 6.10 Å². The van der Waals surface area contributed by atoms with Crippen LogP contribution >= 0.6 is 0 Å². The number of anilines is 1. The van der Waals surface area contributed by atoms with Crippen molar-refractivity contribution in [1.29, 1.82) is 0 Å². The van der Waals surface area contributed by atoms with E-state index in [1.54, 1.807) is 7.11 Å². The van der Waals surface area contributed by atoms with Crippen LogP contribution in [0.3, 0.4) is 0 Å². The first-order valence-corrected chi connectivity index (χ1v) is 7.28. The minimum absolute atomic E-state index is 0.542. The molecule has 0 heterocycles. The Kier molecular flexibility index (Phi) is 5.23. The number of para-hydroxylation sites is 1. The molecule has 0 amide bonds. The number of rotatable bonds is 6. The maximum Gasteiger partial charge on any atom is 0.124 e. The summed E-state index contributed by atoms with van der Waals surface area (Å²) in [5.41, 5.74) is 3.18. The van der Waals surface area contributed by atoms with Crippen LogP contribution in [-0.4, -0.2) is 25.3 Å². The largest absolute Gasteiger partial charge is 0.496 e. The van der Waals surface area contributed by atoms with E-state index in [9.17, 15) is 5.11 Å². The highest BCUT2D eigenvalue weighted by atomic mass is 16.5. The predicted octanol–water partition coefficient (Wildman–Crippen LogP) is 3.56. The number of aliphatic hydroxyl groups excluding tert-OH is 1. The zero-order chi connectivity index (χ0) is 15.2. The van der Waals surface area contributed by atoms with Crippen LogP contribution in [0.2, 0.25) is 0 Å². The topological polar surface area (TPSA) is 32.7 Å². The van der Waals surface area contributed by atoms with Crippen molar-refractivity contribution in [2.45, 2.75) is 20.0 Å². The fraction of sp³-hybridized carbons (Fsp3) is 0.333. The third kappa shape index (κ3) is 3.76. The lowest BCUT2D eigenvalue weighted by molar-refractivity contribution is 0.179. The molecule has 2 rings (SSSR count). The molecular weight excluding hydrogens is 262 g/mol. The average molecular weight is 285 g/mol. The summed E-state index contributed by atoms with van der Waals surface area (Å²) in [6.45, 7) is 5.55. The summed E-state index contributed by atoms with van der Waals surface area (Å²) in [6, 6.07) is 16.0. The van der Waals surface area contributed by atoms with Crippen LogP contribution in [0, 0.1) is 6.92 Å². The highest BCUT2D eigenvalue weighted by Crippen LogP contribution is 2.26. The highest BCUT2D eigenvalue weighted by Gasteiger charge is 2.16. The third-order valence-electron chi connectivity index (χ3n) is 3.67. The van der Waals surface area contributed by atoms with Gasteiger partial charge in [-0.25, -0.2) is 0 Å². The molecule has 3 nitrogen and oxygen atoms in total. The molecule has 0 aromatic heterocycles. The second-order valence-corrected chi connectivity index (χ2v) is 5.13. The molecule has 1 atom stereocenters. The first kappa shape index (κ1) is 15.4. The normalized spacial score (nSPS) is 12.0. The van der Waals surface area contributed by atoms with Crippen LogP contribution in [0.1, 0.15) is 24.2 Å². The molecule has 0 radical (unpaired) electrons. The number of methoxy groups -OCH3 is 1. The van der Waals surface area contributed by atoms with E-state index in [2.05, 4.69) is 43.0 Å². The molecule has 1 N–H and O–H groups in total. The quantitative estimate of drug-likeness (QED) is 0.881. The van der Waals surface area contributed by atoms with Crippen molar-refractivity contribution in [3.63, 3.8) is 0 Å². The van der Waals surface area contributed by atoms with E-state index in [1.807, 2.05) is 24.3 Å². The van der Waals surface area contributed by atoms with Crippen LogP contribution in [0.15, 0.2) is 48.5 Å². The zero-order valence-electron chi connectivity index (χ0n) is 12.9. The summed E-state index contributed by atoms with van der Waals surface area (Å²) in [5.74, 6) is 0.727. The van der Waals surface area contributed by atoms with Crippen LogP contribution in [0.5, 0.6) is 5.75 Å². The minimum atomic E-state index is -0.581. The molecule has 2 aromatic rings. The van der Waals surface area contributed by atoms with Crippen LogP contribution in [0.25, 0.3) is 0 Å². The molecule has 0 bridgehead atoms. The second-order valence-electron chi connectivity index (χ2n) is 5.13. The number of hydrogen-bond donors (Lipinski definition) is 1. The fourth-order valence-corrected chi connectivity index (χ4v) is 2.42. The zero-order valence-corrected chi connectivity index (χ0v) is 12.9. The van der Waals surface area contributed by atoms with E-state index in [0.29, 0.717) is 6.54 Å². The smallest absolute Gasteiger partial charge is 0.124 e. The summed E-state index contributed by atoms with van der Waals surface area (Å²) in [7, 11) is 1.63. The fourth-order valence-electron chi connectivity index (χ4n) is 2.42. The van der Waals surface area contributed by atoms with Gasteiger partial charge in [-0.15, -0.1) is 0 Å². The maximum absolute atomic E-state index is 10.5. The van der Waals surface area contributed by atoms with Gasteiger partial charge in [-0.05, 0) is 32.0 Å². The Labute approximate surface area is 126 Å². The highest BCUT2D eigenvalue weighted by molar-refractivity contribution is 5.48. The maximum atomic E-state index is 10.5. The van der Waals surface area contributed by atoms with Gasteiger partial charge in [0.25, 0.3) is 0 Å². The molecule has 0 spiro atoms. The molecule has 0 saturated heterocycles. The van der Waals surface area contributed by atoms with Crippen molar-refractivity contribution in [1.82, 2.24) is 0 Å². The number of aryl methyl sites for hydroxylation is 1. The first-order valence-electron chi connectivity index (χ1n) is 7.28. The molecule has 0 aliphatic rings. The van der Waals surface area contributed by atoms with Crippen molar-refractivity contribution < 1.29 is 9.84 Å². The van der Waals surface area contributed by atoms with E-state index in [0.717, 1.165) is 23.5 Å². The van der Waals surface area contributed by atoms with Gasteiger partial charge >= 0.3 is 0 Å². The van der Waals surface area contributed by atoms with E-state index in [-0.39, 0.29) is 0 Å². The molecule has 112 valence electrons. The minimum Gasteiger partial charge on any atom is -0.496 e. The lowest BCUT2D eigenvalue weighted by Gasteiger charge is -2.27. The Bertz CT molecular complexity index is 566. The van der Waals surface area contributed by atoms with Gasteiger partial charge in [0.1, 0.15) is 11.9 Å². The van der Waals surface area contributed by atoms with Crippen molar-refractivity contribution in [3.8, 4) is 5.75 Å². The predicted molar refractivity (Wildman–Crippen MR) is 87.0 cm³/mol. The van der Waals surface area contributed by atoms with Crippen molar-refractivity contribution in [2.24, 2.45) is 0 Å². The van der Waals surface area contributed by atoms with Crippen LogP contribution < -0.4 is 9.64 Å². The number of aliphatic hydroxyl groups is 1. The molecule has 21 heavy (non-hydrogen) atoms. The Morgan fingerprint density at radius 2 is 1.76 bits per heavy atom. The molecule has 0 saturated carbocycles. The Hall–Kier alpha value is -2.00.